The van der Waals surface area contributed by atoms with Crippen LogP contribution in [0.5, 0.6) is 0 Å². The highest BCUT2D eigenvalue weighted by Crippen LogP contribution is 2.24. The van der Waals surface area contributed by atoms with Crippen LogP contribution in [0, 0.1) is 0 Å². The number of aromatic nitrogens is 1. The summed E-state index contributed by atoms with van der Waals surface area (Å²) < 4.78 is 0. The van der Waals surface area contributed by atoms with Gasteiger partial charge in [-0.1, -0.05) is 30.3 Å². The predicted molar refractivity (Wildman–Crippen MR) is 114 cm³/mol. The minimum Gasteiger partial charge on any atom is -0.399 e. The number of nitrogens with zero attached hydrogens (tertiary/aromatic N) is 2. The van der Waals surface area contributed by atoms with Crippen molar-refractivity contribution in [1.82, 2.24) is 9.88 Å². The van der Waals surface area contributed by atoms with Crippen molar-refractivity contribution in [3.05, 3.63) is 66.9 Å². The summed E-state index contributed by atoms with van der Waals surface area (Å²) in [5.41, 5.74) is 12.0. The van der Waals surface area contributed by atoms with Gasteiger partial charge in [-0.2, -0.15) is 0 Å². The predicted octanol–water partition coefficient (Wildman–Crippen LogP) is 4.51. The Kier molecular flexibility index (Phi) is 5.35. The maximum atomic E-state index is 5.76. The molecular weight excluding hydrogens is 332 g/mol. The van der Waals surface area contributed by atoms with E-state index < -0.39 is 0 Å². The molecule has 0 radical (unpaired) electrons. The largest absolute Gasteiger partial charge is 0.399 e. The molecule has 0 amide bonds. The molecule has 2 heterocycles. The van der Waals surface area contributed by atoms with E-state index in [0.717, 1.165) is 46.8 Å². The zero-order valence-electron chi connectivity index (χ0n) is 15.6. The molecule has 1 aliphatic heterocycles. The average Bonchev–Trinajstić information content (AvgIpc) is 3.23. The van der Waals surface area contributed by atoms with Crippen LogP contribution in [-0.4, -0.2) is 36.1 Å². The lowest BCUT2D eigenvalue weighted by Gasteiger charge is -2.15. The second kappa shape index (κ2) is 8.23. The number of nitrogens with two attached hydrogens (primary N) is 1. The summed E-state index contributed by atoms with van der Waals surface area (Å²) in [5, 5.41) is 3.51. The Morgan fingerprint density at radius 1 is 0.815 bits per heavy atom. The lowest BCUT2D eigenvalue weighted by Crippen LogP contribution is -2.25. The quantitative estimate of drug-likeness (QED) is 0.637. The fourth-order valence-electron chi connectivity index (χ4n) is 3.53. The van der Waals surface area contributed by atoms with Crippen molar-refractivity contribution in [2.45, 2.75) is 12.8 Å². The fourth-order valence-corrected chi connectivity index (χ4v) is 3.53. The summed E-state index contributed by atoms with van der Waals surface area (Å²) in [6.45, 7) is 4.61. The lowest BCUT2D eigenvalue weighted by atomic mass is 10.1. The molecule has 27 heavy (non-hydrogen) atoms. The molecular formula is C23H26N4. The van der Waals surface area contributed by atoms with Crippen molar-refractivity contribution in [2.24, 2.45) is 0 Å². The second-order valence-electron chi connectivity index (χ2n) is 7.11. The topological polar surface area (TPSA) is 54.2 Å². The normalized spacial score (nSPS) is 14.4. The zero-order chi connectivity index (χ0) is 18.5. The van der Waals surface area contributed by atoms with E-state index in [2.05, 4.69) is 51.6 Å². The van der Waals surface area contributed by atoms with Crippen molar-refractivity contribution >= 4 is 11.4 Å². The number of nitrogens with one attached hydrogen (secondary N) is 1. The van der Waals surface area contributed by atoms with E-state index in [1.165, 1.54) is 25.9 Å². The summed E-state index contributed by atoms with van der Waals surface area (Å²) in [4.78, 5) is 7.16. The molecule has 4 nitrogen and oxygen atoms in total. The Balaban J connectivity index is 1.37. The monoisotopic (exact) mass is 358 g/mol. The Bertz CT molecular complexity index is 848. The van der Waals surface area contributed by atoms with E-state index in [4.69, 9.17) is 5.73 Å². The second-order valence-corrected chi connectivity index (χ2v) is 7.11. The maximum Gasteiger partial charge on any atom is 0.0702 e. The van der Waals surface area contributed by atoms with Crippen molar-refractivity contribution in [1.29, 1.82) is 0 Å². The zero-order valence-corrected chi connectivity index (χ0v) is 15.6. The van der Waals surface area contributed by atoms with Crippen LogP contribution in [0.2, 0.25) is 0 Å². The van der Waals surface area contributed by atoms with Crippen LogP contribution in [0.3, 0.4) is 0 Å². The van der Waals surface area contributed by atoms with Gasteiger partial charge in [-0.3, -0.25) is 4.98 Å². The van der Waals surface area contributed by atoms with Crippen LogP contribution in [0.1, 0.15) is 12.8 Å². The molecule has 1 aromatic heterocycles. The van der Waals surface area contributed by atoms with E-state index in [-0.39, 0.29) is 0 Å². The van der Waals surface area contributed by atoms with Crippen LogP contribution >= 0.6 is 0 Å². The molecule has 3 N–H and O–H groups in total. The molecule has 1 saturated heterocycles. The average molecular weight is 358 g/mol. The molecule has 0 spiro atoms. The summed E-state index contributed by atoms with van der Waals surface area (Å²) in [7, 11) is 0. The fraction of sp³-hybridized carbons (Fsp3) is 0.261. The molecule has 1 fully saturated rings. The van der Waals surface area contributed by atoms with Gasteiger partial charge in [-0.15, -0.1) is 0 Å². The Morgan fingerprint density at radius 2 is 1.48 bits per heavy atom. The summed E-state index contributed by atoms with van der Waals surface area (Å²) in [6.07, 6.45) is 4.61. The van der Waals surface area contributed by atoms with Gasteiger partial charge in [0.25, 0.3) is 0 Å². The van der Waals surface area contributed by atoms with Gasteiger partial charge >= 0.3 is 0 Å². The smallest absolute Gasteiger partial charge is 0.0702 e. The van der Waals surface area contributed by atoms with Crippen LogP contribution in [-0.2, 0) is 0 Å². The van der Waals surface area contributed by atoms with E-state index in [9.17, 15) is 0 Å². The lowest BCUT2D eigenvalue weighted by molar-refractivity contribution is 0.352. The number of hydrogen-bond acceptors (Lipinski definition) is 4. The summed E-state index contributed by atoms with van der Waals surface area (Å²) in [5.74, 6) is 0. The molecule has 0 aliphatic carbocycles. The van der Waals surface area contributed by atoms with Gasteiger partial charge in [0, 0.05) is 41.8 Å². The molecule has 138 valence electrons. The maximum absolute atomic E-state index is 5.76. The van der Waals surface area contributed by atoms with Gasteiger partial charge in [-0.25, -0.2) is 0 Å². The summed E-state index contributed by atoms with van der Waals surface area (Å²) in [6, 6.07) is 20.6. The van der Waals surface area contributed by atoms with Crippen molar-refractivity contribution in [3.8, 4) is 22.4 Å². The van der Waals surface area contributed by atoms with Crippen molar-refractivity contribution < 1.29 is 0 Å². The van der Waals surface area contributed by atoms with Crippen molar-refractivity contribution in [3.63, 3.8) is 0 Å². The van der Waals surface area contributed by atoms with Gasteiger partial charge in [0.1, 0.15) is 0 Å². The highest BCUT2D eigenvalue weighted by atomic mass is 15.1. The summed E-state index contributed by atoms with van der Waals surface area (Å²) >= 11 is 0. The van der Waals surface area contributed by atoms with Gasteiger partial charge in [0.05, 0.1) is 5.69 Å². The van der Waals surface area contributed by atoms with Crippen molar-refractivity contribution in [2.75, 3.05) is 37.2 Å². The third kappa shape index (κ3) is 4.47. The highest BCUT2D eigenvalue weighted by Gasteiger charge is 2.10. The minimum atomic E-state index is 0.775. The van der Waals surface area contributed by atoms with Gasteiger partial charge in [0.15, 0.2) is 0 Å². The number of benzene rings is 2. The minimum absolute atomic E-state index is 0.775. The van der Waals surface area contributed by atoms with Crippen LogP contribution in [0.15, 0.2) is 66.9 Å². The SMILES string of the molecule is Nc1ccc(-c2ccc(-c3ccc(NCCN4CCCC4)cc3)nc2)cc1. The molecule has 0 atom stereocenters. The van der Waals surface area contributed by atoms with Gasteiger partial charge in [0.2, 0.25) is 0 Å². The molecule has 0 unspecified atom stereocenters. The first kappa shape index (κ1) is 17.6. The first-order valence-electron chi connectivity index (χ1n) is 9.66. The van der Waals surface area contributed by atoms with E-state index in [0.29, 0.717) is 0 Å². The molecule has 4 heteroatoms. The molecule has 3 aromatic rings. The highest BCUT2D eigenvalue weighted by molar-refractivity contribution is 5.68. The first-order chi connectivity index (χ1) is 13.3. The van der Waals surface area contributed by atoms with E-state index >= 15 is 0 Å². The van der Waals surface area contributed by atoms with Crippen LogP contribution in [0.25, 0.3) is 22.4 Å². The number of nitrogen functional groups attached to an aromatic ring is 1. The third-order valence-corrected chi connectivity index (χ3v) is 5.14. The Hall–Kier alpha value is -2.85. The standard InChI is InChI=1S/C23H26N4/c24-21-8-3-18(4-9-21)20-7-12-23(26-17-20)19-5-10-22(11-6-19)25-13-16-27-14-1-2-15-27/h3-12,17,25H,1-2,13-16,24H2. The number of pyridine rings is 1. The van der Waals surface area contributed by atoms with Gasteiger partial charge in [-0.05, 0) is 61.8 Å². The third-order valence-electron chi connectivity index (χ3n) is 5.14. The van der Waals surface area contributed by atoms with Gasteiger partial charge < -0.3 is 16.0 Å². The van der Waals surface area contributed by atoms with E-state index in [1.54, 1.807) is 0 Å². The number of anilines is 2. The van der Waals surface area contributed by atoms with Crippen LogP contribution in [0.4, 0.5) is 11.4 Å². The molecule has 0 bridgehead atoms. The molecule has 4 rings (SSSR count). The number of rotatable bonds is 6. The first-order valence-corrected chi connectivity index (χ1v) is 9.66. The molecule has 0 saturated carbocycles. The van der Waals surface area contributed by atoms with E-state index in [1.807, 2.05) is 30.5 Å². The Morgan fingerprint density at radius 3 is 2.15 bits per heavy atom. The number of likely N-dealkylation sites (tertiary alicyclic amines) is 1. The Labute approximate surface area is 161 Å². The molecule has 2 aromatic carbocycles. The number of hydrogen-bond donors (Lipinski definition) is 2. The van der Waals surface area contributed by atoms with Crippen LogP contribution < -0.4 is 11.1 Å². The molecule has 1 aliphatic rings.